The van der Waals surface area contributed by atoms with Gasteiger partial charge in [-0.2, -0.15) is 0 Å². The van der Waals surface area contributed by atoms with Crippen LogP contribution >= 0.6 is 0 Å². The molecule has 0 N–H and O–H groups in total. The first-order valence-electron chi connectivity index (χ1n) is 5.81. The Balaban J connectivity index is 2.12. The molecular weight excluding hydrogens is 212 g/mol. The lowest BCUT2D eigenvalue weighted by Crippen LogP contribution is -2.11. The summed E-state index contributed by atoms with van der Waals surface area (Å²) in [4.78, 5) is 11.4. The van der Waals surface area contributed by atoms with Crippen LogP contribution < -0.4 is 0 Å². The molecule has 2 aromatic rings. The molecule has 0 fully saturated rings. The van der Waals surface area contributed by atoms with Gasteiger partial charge < -0.3 is 4.74 Å². The maximum Gasteiger partial charge on any atom is 0.308 e. The summed E-state index contributed by atoms with van der Waals surface area (Å²) < 4.78 is 5.20. The largest absolute Gasteiger partial charge is 0.461 e. The molecule has 0 unspecified atom stereocenters. The molecule has 0 saturated heterocycles. The Bertz CT molecular complexity index is 529. The molecule has 2 heteroatoms. The van der Waals surface area contributed by atoms with Crippen LogP contribution in [0.15, 0.2) is 42.5 Å². The third kappa shape index (κ3) is 2.84. The van der Waals surface area contributed by atoms with Crippen molar-refractivity contribution in [1.29, 1.82) is 0 Å². The summed E-state index contributed by atoms with van der Waals surface area (Å²) >= 11 is 0. The number of fused-ring (bicyclic) bond motifs is 1. The van der Waals surface area contributed by atoms with Gasteiger partial charge in [0.1, 0.15) is 6.61 Å². The molecule has 0 atom stereocenters. The Morgan fingerprint density at radius 2 is 1.82 bits per heavy atom. The topological polar surface area (TPSA) is 26.3 Å². The van der Waals surface area contributed by atoms with E-state index in [9.17, 15) is 4.79 Å². The lowest BCUT2D eigenvalue weighted by atomic mass is 10.1. The van der Waals surface area contributed by atoms with E-state index in [0.29, 0.717) is 6.61 Å². The summed E-state index contributed by atoms with van der Waals surface area (Å²) in [5, 5.41) is 2.37. The lowest BCUT2D eigenvalue weighted by molar-refractivity contribution is -0.148. The van der Waals surface area contributed by atoms with E-state index in [-0.39, 0.29) is 11.9 Å². The average Bonchev–Trinajstić information content (AvgIpc) is 2.35. The van der Waals surface area contributed by atoms with E-state index in [4.69, 9.17) is 4.74 Å². The first kappa shape index (κ1) is 11.6. The van der Waals surface area contributed by atoms with Crippen molar-refractivity contribution in [2.24, 2.45) is 5.92 Å². The molecule has 0 saturated carbocycles. The van der Waals surface area contributed by atoms with E-state index in [2.05, 4.69) is 18.2 Å². The van der Waals surface area contributed by atoms with Crippen molar-refractivity contribution in [3.63, 3.8) is 0 Å². The molecule has 0 aliphatic heterocycles. The number of benzene rings is 2. The van der Waals surface area contributed by atoms with E-state index >= 15 is 0 Å². The van der Waals surface area contributed by atoms with Crippen LogP contribution in [-0.4, -0.2) is 5.97 Å². The molecule has 0 radical (unpaired) electrons. The summed E-state index contributed by atoms with van der Waals surface area (Å²) in [6, 6.07) is 14.3. The van der Waals surface area contributed by atoms with Crippen molar-refractivity contribution in [1.82, 2.24) is 0 Å². The second-order valence-corrected chi connectivity index (χ2v) is 4.44. The Kier molecular flexibility index (Phi) is 3.43. The molecule has 0 spiro atoms. The molecule has 2 nitrogen and oxygen atoms in total. The minimum absolute atomic E-state index is 0.0737. The van der Waals surface area contributed by atoms with Crippen LogP contribution in [0.25, 0.3) is 10.8 Å². The number of carbonyl (C=O) groups is 1. The fraction of sp³-hybridized carbons (Fsp3) is 0.267. The number of rotatable bonds is 3. The monoisotopic (exact) mass is 228 g/mol. The predicted molar refractivity (Wildman–Crippen MR) is 68.6 cm³/mol. The van der Waals surface area contributed by atoms with Gasteiger partial charge in [0.25, 0.3) is 0 Å². The van der Waals surface area contributed by atoms with E-state index in [0.717, 1.165) is 5.56 Å². The van der Waals surface area contributed by atoms with Gasteiger partial charge in [-0.25, -0.2) is 0 Å². The number of hydrogen-bond acceptors (Lipinski definition) is 2. The van der Waals surface area contributed by atoms with Gasteiger partial charge in [-0.1, -0.05) is 50.2 Å². The molecule has 0 aliphatic rings. The van der Waals surface area contributed by atoms with E-state index in [1.54, 1.807) is 0 Å². The van der Waals surface area contributed by atoms with Crippen LogP contribution in [0, 0.1) is 5.92 Å². The standard InChI is InChI=1S/C15H16O2/c1-11(2)15(16)17-10-12-7-8-13-5-3-4-6-14(13)9-12/h3-9,11H,10H2,1-2H3. The lowest BCUT2D eigenvalue weighted by Gasteiger charge is -2.07. The van der Waals surface area contributed by atoms with Crippen molar-refractivity contribution < 1.29 is 9.53 Å². The number of carbonyl (C=O) groups excluding carboxylic acids is 1. The van der Waals surface area contributed by atoms with Crippen LogP contribution in [-0.2, 0) is 16.1 Å². The highest BCUT2D eigenvalue weighted by atomic mass is 16.5. The molecule has 0 amide bonds. The van der Waals surface area contributed by atoms with E-state index in [1.165, 1.54) is 10.8 Å². The van der Waals surface area contributed by atoms with Crippen LogP contribution in [0.5, 0.6) is 0 Å². The maximum atomic E-state index is 11.4. The third-order valence-electron chi connectivity index (χ3n) is 2.67. The van der Waals surface area contributed by atoms with Gasteiger partial charge in [0.15, 0.2) is 0 Å². The number of hydrogen-bond donors (Lipinski definition) is 0. The van der Waals surface area contributed by atoms with E-state index in [1.807, 2.05) is 38.1 Å². The van der Waals surface area contributed by atoms with Crippen LogP contribution in [0.4, 0.5) is 0 Å². The predicted octanol–water partition coefficient (Wildman–Crippen LogP) is 3.54. The molecule has 17 heavy (non-hydrogen) atoms. The highest BCUT2D eigenvalue weighted by molar-refractivity contribution is 5.83. The Hall–Kier alpha value is -1.83. The third-order valence-corrected chi connectivity index (χ3v) is 2.67. The van der Waals surface area contributed by atoms with Gasteiger partial charge in [0.05, 0.1) is 5.92 Å². The summed E-state index contributed by atoms with van der Waals surface area (Å²) in [6.07, 6.45) is 0. The van der Waals surface area contributed by atoms with Crippen molar-refractivity contribution in [3.8, 4) is 0 Å². The summed E-state index contributed by atoms with van der Waals surface area (Å²) in [5.41, 5.74) is 1.03. The smallest absolute Gasteiger partial charge is 0.308 e. The fourth-order valence-corrected chi connectivity index (χ4v) is 1.65. The van der Waals surface area contributed by atoms with Gasteiger partial charge in [-0.15, -0.1) is 0 Å². The van der Waals surface area contributed by atoms with Crippen LogP contribution in [0.1, 0.15) is 19.4 Å². The van der Waals surface area contributed by atoms with E-state index < -0.39 is 0 Å². The summed E-state index contributed by atoms with van der Waals surface area (Å²) in [5.74, 6) is -0.228. The molecular formula is C15H16O2. The van der Waals surface area contributed by atoms with Gasteiger partial charge >= 0.3 is 5.97 Å². The van der Waals surface area contributed by atoms with Gasteiger partial charge in [0, 0.05) is 0 Å². The normalized spacial score (nSPS) is 10.8. The number of esters is 1. The molecule has 2 rings (SSSR count). The van der Waals surface area contributed by atoms with Crippen LogP contribution in [0.3, 0.4) is 0 Å². The van der Waals surface area contributed by atoms with Crippen LogP contribution in [0.2, 0.25) is 0 Å². The number of ether oxygens (including phenoxy) is 1. The molecule has 2 aromatic carbocycles. The minimum Gasteiger partial charge on any atom is -0.461 e. The zero-order chi connectivity index (χ0) is 12.3. The Morgan fingerprint density at radius 3 is 2.53 bits per heavy atom. The highest BCUT2D eigenvalue weighted by Gasteiger charge is 2.08. The fourth-order valence-electron chi connectivity index (χ4n) is 1.65. The summed E-state index contributed by atoms with van der Waals surface area (Å²) in [7, 11) is 0. The first-order chi connectivity index (χ1) is 8.16. The first-order valence-corrected chi connectivity index (χ1v) is 5.81. The molecule has 0 heterocycles. The second kappa shape index (κ2) is 5.00. The summed E-state index contributed by atoms with van der Waals surface area (Å²) in [6.45, 7) is 4.02. The van der Waals surface area contributed by atoms with Crippen molar-refractivity contribution >= 4 is 16.7 Å². The second-order valence-electron chi connectivity index (χ2n) is 4.44. The van der Waals surface area contributed by atoms with Gasteiger partial charge in [-0.3, -0.25) is 4.79 Å². The quantitative estimate of drug-likeness (QED) is 0.751. The van der Waals surface area contributed by atoms with Crippen molar-refractivity contribution in [3.05, 3.63) is 48.0 Å². The molecule has 0 aliphatic carbocycles. The Morgan fingerprint density at radius 1 is 1.12 bits per heavy atom. The minimum atomic E-state index is -0.154. The molecule has 0 bridgehead atoms. The average molecular weight is 228 g/mol. The van der Waals surface area contributed by atoms with Crippen molar-refractivity contribution in [2.75, 3.05) is 0 Å². The highest BCUT2D eigenvalue weighted by Crippen LogP contribution is 2.16. The van der Waals surface area contributed by atoms with Gasteiger partial charge in [0.2, 0.25) is 0 Å². The zero-order valence-electron chi connectivity index (χ0n) is 10.1. The van der Waals surface area contributed by atoms with Crippen molar-refractivity contribution in [2.45, 2.75) is 20.5 Å². The van der Waals surface area contributed by atoms with Gasteiger partial charge in [-0.05, 0) is 22.4 Å². The molecule has 0 aromatic heterocycles. The zero-order valence-corrected chi connectivity index (χ0v) is 10.1. The SMILES string of the molecule is CC(C)C(=O)OCc1ccc2ccccc2c1. The maximum absolute atomic E-state index is 11.4. The molecule has 88 valence electrons. The Labute approximate surface area is 101 Å².